The smallest absolute Gasteiger partial charge is 0.0606 e. The van der Waals surface area contributed by atoms with Crippen molar-refractivity contribution in [3.63, 3.8) is 0 Å². The predicted octanol–water partition coefficient (Wildman–Crippen LogP) is 1.04. The van der Waals surface area contributed by atoms with E-state index < -0.39 is 0 Å². The summed E-state index contributed by atoms with van der Waals surface area (Å²) >= 11 is 0. The molecule has 0 bridgehead atoms. The number of hydrogen-bond donors (Lipinski definition) is 0. The summed E-state index contributed by atoms with van der Waals surface area (Å²) in [6.45, 7) is 6.50. The van der Waals surface area contributed by atoms with E-state index in [9.17, 15) is 0 Å². The third-order valence-corrected chi connectivity index (χ3v) is 0. The molecule has 0 aliphatic heterocycles. The van der Waals surface area contributed by atoms with Crippen LogP contribution in [0.25, 0.3) is 0 Å². The molecule has 5 heavy (non-hydrogen) atoms. The van der Waals surface area contributed by atoms with Crippen LogP contribution < -0.4 is 0 Å². The molecule has 0 amide bonds. The van der Waals surface area contributed by atoms with Crippen molar-refractivity contribution >= 4 is 7.85 Å². The quantitative estimate of drug-likeness (QED) is 0.462. The minimum Gasteiger partial charge on any atom is -0.346 e. The molecule has 0 aliphatic carbocycles. The van der Waals surface area contributed by atoms with Crippen molar-refractivity contribution in [1.29, 1.82) is 0 Å². The van der Waals surface area contributed by atoms with Crippen LogP contribution in [0, 0.1) is 38.0 Å². The molecule has 0 nitrogen and oxygen atoms in total. The van der Waals surface area contributed by atoms with Crippen LogP contribution >= 0.6 is 0 Å². The van der Waals surface area contributed by atoms with Crippen LogP contribution in [0.15, 0.2) is 0 Å². The molecule has 0 heterocycles. The molecule has 0 atom stereocenters. The molecule has 0 aromatic heterocycles. The molecule has 0 spiro atoms. The van der Waals surface area contributed by atoms with E-state index in [2.05, 4.69) is 14.8 Å². The minimum absolute atomic E-state index is 0. The molecule has 0 N–H and O–H groups in total. The van der Waals surface area contributed by atoms with E-state index in [0.29, 0.717) is 0 Å². The first kappa shape index (κ1) is 16.5. The van der Waals surface area contributed by atoms with E-state index in [0.717, 1.165) is 0 Å². The average Bonchev–Trinajstić information content (AvgIpc) is 1.50. The Bertz CT molecular complexity index is 6.85. The summed E-state index contributed by atoms with van der Waals surface area (Å²) in [4.78, 5) is 0. The third kappa shape index (κ3) is 39.9. The Kier molecular flexibility index (Phi) is 229. The summed E-state index contributed by atoms with van der Waals surface area (Å²) in [7, 11) is 4.50. The second kappa shape index (κ2) is 69.5. The van der Waals surface area contributed by atoms with Gasteiger partial charge in [-0.05, 0) is 0 Å². The van der Waals surface area contributed by atoms with Gasteiger partial charge in [0.15, 0.2) is 0 Å². The van der Waals surface area contributed by atoms with Crippen LogP contribution in [0.4, 0.5) is 0 Å². The molecule has 2 radical (unpaired) electrons. The van der Waals surface area contributed by atoms with Crippen molar-refractivity contribution in [2.24, 2.45) is 0 Å². The summed E-state index contributed by atoms with van der Waals surface area (Å²) in [6, 6.07) is 0. The Hall–Kier alpha value is 1.12. The van der Waals surface area contributed by atoms with Crippen molar-refractivity contribution in [3.05, 3.63) is 6.92 Å². The van der Waals surface area contributed by atoms with E-state index in [-0.39, 0.29) is 31.1 Å². The Morgan fingerprint density at radius 2 is 1.20 bits per heavy atom. The molecule has 0 aromatic rings. The molecule has 0 saturated carbocycles. The topological polar surface area (TPSA) is 0 Å². The Balaban J connectivity index is -0.0000000133. The van der Waals surface area contributed by atoms with Crippen LogP contribution in [0.1, 0.15) is 6.92 Å². The van der Waals surface area contributed by atoms with Gasteiger partial charge in [-0.25, -0.2) is 0 Å². The zero-order chi connectivity index (χ0) is 4.00. The zero-order valence-corrected chi connectivity index (χ0v) is 7.95. The molecule has 2 heteroatoms. The fourth-order valence-electron chi connectivity index (χ4n) is 0. The van der Waals surface area contributed by atoms with Gasteiger partial charge in [-0.1, -0.05) is 6.82 Å². The first-order chi connectivity index (χ1) is 2.00. The molecule has 0 saturated heterocycles. The molecule has 0 unspecified atom stereocenters. The molecule has 0 rings (SSSR count). The SMILES string of the molecule is [B]C.[CH2-]C.[U]. The predicted molar refractivity (Wildman–Crippen MR) is 22.6 cm³/mol. The second-order valence-electron chi connectivity index (χ2n) is 0. The molecule has 0 aromatic carbocycles. The Labute approximate surface area is 59.5 Å². The fraction of sp³-hybridized carbons (Fsp3) is 0.667. The standard InChI is InChI=1S/C2H5.CH3B.U/c2*1-2;/h1H2,2H3;1H3;/q-1;;. The van der Waals surface area contributed by atoms with Gasteiger partial charge in [0.25, 0.3) is 0 Å². The molecular weight excluding hydrogens is 285 g/mol. The maximum absolute atomic E-state index is 4.50. The van der Waals surface area contributed by atoms with Crippen molar-refractivity contribution in [2.75, 3.05) is 0 Å². The normalized spacial score (nSPS) is 2.20. The van der Waals surface area contributed by atoms with Gasteiger partial charge in [-0.2, -0.15) is 6.92 Å². The molecule has 0 aliphatic rings. The largest absolute Gasteiger partial charge is 0.346 e. The molecule has 0 fully saturated rings. The van der Waals surface area contributed by atoms with E-state index in [1.54, 1.807) is 6.92 Å². The zero-order valence-electron chi connectivity index (χ0n) is 3.78. The first-order valence-electron chi connectivity index (χ1n) is 1.28. The van der Waals surface area contributed by atoms with Gasteiger partial charge in [0.2, 0.25) is 0 Å². The Morgan fingerprint density at radius 1 is 1.20 bits per heavy atom. The van der Waals surface area contributed by atoms with Gasteiger partial charge in [-0.3, -0.25) is 0 Å². The summed E-state index contributed by atoms with van der Waals surface area (Å²) < 4.78 is 0. The van der Waals surface area contributed by atoms with E-state index >= 15 is 0 Å². The third-order valence-electron chi connectivity index (χ3n) is 0. The molecular formula is C3H8BU-. The van der Waals surface area contributed by atoms with Gasteiger partial charge < -0.3 is 6.92 Å². The van der Waals surface area contributed by atoms with Gasteiger partial charge in [0, 0.05) is 31.1 Å². The van der Waals surface area contributed by atoms with E-state index in [4.69, 9.17) is 0 Å². The van der Waals surface area contributed by atoms with Gasteiger partial charge in [0.05, 0.1) is 7.85 Å². The van der Waals surface area contributed by atoms with Crippen LogP contribution in [0.5, 0.6) is 0 Å². The second-order valence-corrected chi connectivity index (χ2v) is 0. The van der Waals surface area contributed by atoms with Crippen LogP contribution in [-0.2, 0) is 0 Å². The van der Waals surface area contributed by atoms with E-state index in [1.807, 2.05) is 0 Å². The van der Waals surface area contributed by atoms with E-state index in [1.165, 1.54) is 6.82 Å². The van der Waals surface area contributed by atoms with Crippen molar-refractivity contribution in [3.8, 4) is 0 Å². The van der Waals surface area contributed by atoms with Crippen molar-refractivity contribution in [1.82, 2.24) is 0 Å². The maximum atomic E-state index is 4.50. The van der Waals surface area contributed by atoms with Crippen LogP contribution in [0.2, 0.25) is 6.82 Å². The van der Waals surface area contributed by atoms with Crippen molar-refractivity contribution < 1.29 is 31.1 Å². The molecule has 28 valence electrons. The minimum atomic E-state index is 0. The van der Waals surface area contributed by atoms with Crippen LogP contribution in [0.3, 0.4) is 0 Å². The van der Waals surface area contributed by atoms with Gasteiger partial charge >= 0.3 is 0 Å². The first-order valence-corrected chi connectivity index (χ1v) is 1.28. The summed E-state index contributed by atoms with van der Waals surface area (Å²) in [5, 5.41) is 0. The average molecular weight is 293 g/mol. The van der Waals surface area contributed by atoms with Gasteiger partial charge in [-0.15, -0.1) is 0 Å². The summed E-state index contributed by atoms with van der Waals surface area (Å²) in [5.41, 5.74) is 0. The number of rotatable bonds is 0. The van der Waals surface area contributed by atoms with Gasteiger partial charge in [0.1, 0.15) is 0 Å². The number of hydrogen-bond acceptors (Lipinski definition) is 0. The Morgan fingerprint density at radius 3 is 1.20 bits per heavy atom. The summed E-state index contributed by atoms with van der Waals surface area (Å²) in [5.74, 6) is 0. The maximum Gasteiger partial charge on any atom is 0.0606 e. The summed E-state index contributed by atoms with van der Waals surface area (Å²) in [6.07, 6.45) is 0. The monoisotopic (exact) mass is 293 g/mol. The van der Waals surface area contributed by atoms with Crippen molar-refractivity contribution in [2.45, 2.75) is 13.7 Å². The van der Waals surface area contributed by atoms with Crippen LogP contribution in [-0.4, -0.2) is 7.85 Å². The fourth-order valence-corrected chi connectivity index (χ4v) is 0.